The van der Waals surface area contributed by atoms with E-state index in [1.54, 1.807) is 6.20 Å². The molecule has 0 aliphatic heterocycles. The minimum Gasteiger partial charge on any atom is -0.478 e. The fraction of sp³-hybridized carbons (Fsp3) is 0.0909. The summed E-state index contributed by atoms with van der Waals surface area (Å²) in [5.74, 6) is -1.02. The Morgan fingerprint density at radius 1 is 1.47 bits per heavy atom. The normalized spacial score (nSPS) is 10.5. The standard InChI is InChI=1S/C11H7BrCl2N2O2S/c12-7-1-5(10(17)18)2-8(13)9(7)15-3-6-4-16-11(14)19-6/h1-2,4,15H,3H2,(H,17,18). The molecule has 0 aliphatic carbocycles. The van der Waals surface area contributed by atoms with Gasteiger partial charge in [-0.05, 0) is 28.1 Å². The molecule has 0 bridgehead atoms. The fourth-order valence-electron chi connectivity index (χ4n) is 1.41. The number of anilines is 1. The second-order valence-electron chi connectivity index (χ2n) is 3.55. The Balaban J connectivity index is 2.18. The molecule has 2 rings (SSSR count). The van der Waals surface area contributed by atoms with Crippen LogP contribution in [0.25, 0.3) is 0 Å². The molecule has 0 fully saturated rings. The molecule has 0 saturated heterocycles. The summed E-state index contributed by atoms with van der Waals surface area (Å²) >= 11 is 16.5. The zero-order valence-electron chi connectivity index (χ0n) is 9.28. The Morgan fingerprint density at radius 3 is 2.74 bits per heavy atom. The third kappa shape index (κ3) is 3.60. The lowest BCUT2D eigenvalue weighted by atomic mass is 10.2. The van der Waals surface area contributed by atoms with Crippen LogP contribution in [0.15, 0.2) is 22.8 Å². The van der Waals surface area contributed by atoms with Crippen molar-refractivity contribution in [2.24, 2.45) is 0 Å². The smallest absolute Gasteiger partial charge is 0.335 e. The number of rotatable bonds is 4. The lowest BCUT2D eigenvalue weighted by Gasteiger charge is -2.10. The highest BCUT2D eigenvalue weighted by Gasteiger charge is 2.12. The number of nitrogens with one attached hydrogen (secondary N) is 1. The van der Waals surface area contributed by atoms with Gasteiger partial charge in [0.25, 0.3) is 0 Å². The molecule has 2 N–H and O–H groups in total. The summed E-state index contributed by atoms with van der Waals surface area (Å²) in [6, 6.07) is 2.90. The molecular formula is C11H7BrCl2N2O2S. The molecule has 8 heteroatoms. The van der Waals surface area contributed by atoms with Crippen LogP contribution in [-0.4, -0.2) is 16.1 Å². The van der Waals surface area contributed by atoms with Gasteiger partial charge in [-0.25, -0.2) is 9.78 Å². The van der Waals surface area contributed by atoms with Crippen molar-refractivity contribution in [1.82, 2.24) is 4.98 Å². The maximum Gasteiger partial charge on any atom is 0.335 e. The summed E-state index contributed by atoms with van der Waals surface area (Å²) in [7, 11) is 0. The van der Waals surface area contributed by atoms with E-state index in [0.717, 1.165) is 4.88 Å². The zero-order valence-corrected chi connectivity index (χ0v) is 13.2. The first-order valence-electron chi connectivity index (χ1n) is 5.04. The Kier molecular flexibility index (Phi) is 4.67. The van der Waals surface area contributed by atoms with Crippen LogP contribution in [-0.2, 0) is 6.54 Å². The number of halogens is 3. The molecule has 0 unspecified atom stereocenters. The predicted molar refractivity (Wildman–Crippen MR) is 80.6 cm³/mol. The van der Waals surface area contributed by atoms with Gasteiger partial charge in [0.1, 0.15) is 0 Å². The third-order valence-electron chi connectivity index (χ3n) is 2.25. The van der Waals surface area contributed by atoms with Gasteiger partial charge in [0.15, 0.2) is 4.47 Å². The summed E-state index contributed by atoms with van der Waals surface area (Å²) in [4.78, 5) is 15.8. The summed E-state index contributed by atoms with van der Waals surface area (Å²) in [5, 5.41) is 12.4. The minimum absolute atomic E-state index is 0.128. The van der Waals surface area contributed by atoms with E-state index < -0.39 is 5.97 Å². The number of hydrogen-bond acceptors (Lipinski definition) is 4. The fourth-order valence-corrected chi connectivity index (χ4v) is 3.32. The van der Waals surface area contributed by atoms with E-state index in [1.807, 2.05) is 0 Å². The van der Waals surface area contributed by atoms with Crippen molar-refractivity contribution in [2.45, 2.75) is 6.54 Å². The number of aromatic carboxylic acids is 1. The highest BCUT2D eigenvalue weighted by Crippen LogP contribution is 2.33. The molecule has 1 aromatic heterocycles. The van der Waals surface area contributed by atoms with E-state index in [1.165, 1.54) is 23.5 Å². The van der Waals surface area contributed by atoms with Crippen molar-refractivity contribution in [1.29, 1.82) is 0 Å². The van der Waals surface area contributed by atoms with Crippen molar-refractivity contribution in [2.75, 3.05) is 5.32 Å². The second kappa shape index (κ2) is 6.09. The third-order valence-corrected chi connectivity index (χ3v) is 4.29. The topological polar surface area (TPSA) is 62.2 Å². The number of nitrogens with zero attached hydrogens (tertiary/aromatic N) is 1. The minimum atomic E-state index is -1.02. The van der Waals surface area contributed by atoms with Crippen molar-refractivity contribution >= 4 is 62.1 Å². The molecule has 0 saturated carbocycles. The van der Waals surface area contributed by atoms with Gasteiger partial charge in [-0.1, -0.05) is 23.2 Å². The summed E-state index contributed by atoms with van der Waals surface area (Å²) < 4.78 is 1.07. The first-order chi connectivity index (χ1) is 8.97. The van der Waals surface area contributed by atoms with Gasteiger partial charge in [-0.3, -0.25) is 0 Å². The first-order valence-corrected chi connectivity index (χ1v) is 7.40. The van der Waals surface area contributed by atoms with Gasteiger partial charge in [-0.2, -0.15) is 0 Å². The van der Waals surface area contributed by atoms with Gasteiger partial charge in [-0.15, -0.1) is 11.3 Å². The quantitative estimate of drug-likeness (QED) is 0.816. The molecule has 2 aromatic rings. The van der Waals surface area contributed by atoms with Crippen LogP contribution in [0.2, 0.25) is 9.49 Å². The Morgan fingerprint density at radius 2 is 2.21 bits per heavy atom. The molecule has 0 radical (unpaired) electrons. The zero-order chi connectivity index (χ0) is 14.0. The monoisotopic (exact) mass is 380 g/mol. The number of hydrogen-bond donors (Lipinski definition) is 2. The first kappa shape index (κ1) is 14.6. The van der Waals surface area contributed by atoms with E-state index in [0.29, 0.717) is 26.2 Å². The maximum atomic E-state index is 10.9. The number of carboxylic acids is 1. The number of thiazole rings is 1. The van der Waals surface area contributed by atoms with Crippen molar-refractivity contribution in [3.63, 3.8) is 0 Å². The number of carbonyl (C=O) groups is 1. The van der Waals surface area contributed by atoms with E-state index in [9.17, 15) is 4.79 Å². The molecule has 19 heavy (non-hydrogen) atoms. The van der Waals surface area contributed by atoms with Crippen LogP contribution < -0.4 is 5.32 Å². The predicted octanol–water partition coefficient (Wildman–Crippen LogP) is 4.52. The van der Waals surface area contributed by atoms with E-state index >= 15 is 0 Å². The Hall–Kier alpha value is -0.820. The molecule has 0 spiro atoms. The number of aromatic nitrogens is 1. The average Bonchev–Trinajstić information content (AvgIpc) is 2.73. The van der Waals surface area contributed by atoms with Crippen molar-refractivity contribution in [3.05, 3.63) is 42.7 Å². The molecule has 4 nitrogen and oxygen atoms in total. The Bertz CT molecular complexity index is 610. The van der Waals surface area contributed by atoms with Gasteiger partial charge in [0.2, 0.25) is 0 Å². The van der Waals surface area contributed by atoms with Crippen molar-refractivity contribution in [3.8, 4) is 0 Å². The Labute approximate surface area is 131 Å². The molecule has 0 aliphatic rings. The highest BCUT2D eigenvalue weighted by molar-refractivity contribution is 9.10. The van der Waals surface area contributed by atoms with Gasteiger partial charge < -0.3 is 10.4 Å². The molecule has 100 valence electrons. The van der Waals surface area contributed by atoms with Gasteiger partial charge in [0, 0.05) is 15.5 Å². The van der Waals surface area contributed by atoms with E-state index in [4.69, 9.17) is 28.3 Å². The largest absolute Gasteiger partial charge is 0.478 e. The van der Waals surface area contributed by atoms with Gasteiger partial charge in [0.05, 0.1) is 22.8 Å². The molecule has 0 amide bonds. The lowest BCUT2D eigenvalue weighted by Crippen LogP contribution is -2.02. The van der Waals surface area contributed by atoms with Crippen LogP contribution in [0.1, 0.15) is 15.2 Å². The SMILES string of the molecule is O=C(O)c1cc(Cl)c(NCc2cnc(Cl)s2)c(Br)c1. The molecular weight excluding hydrogens is 375 g/mol. The number of carboxylic acid groups (broad SMARTS) is 1. The maximum absolute atomic E-state index is 10.9. The van der Waals surface area contributed by atoms with Crippen LogP contribution in [0.5, 0.6) is 0 Å². The van der Waals surface area contributed by atoms with Crippen LogP contribution in [0.3, 0.4) is 0 Å². The number of benzene rings is 1. The van der Waals surface area contributed by atoms with E-state index in [-0.39, 0.29) is 5.56 Å². The lowest BCUT2D eigenvalue weighted by molar-refractivity contribution is 0.0697. The molecule has 1 aromatic carbocycles. The van der Waals surface area contributed by atoms with E-state index in [2.05, 4.69) is 26.2 Å². The van der Waals surface area contributed by atoms with Crippen molar-refractivity contribution < 1.29 is 9.90 Å². The second-order valence-corrected chi connectivity index (χ2v) is 6.51. The van der Waals surface area contributed by atoms with Crippen LogP contribution in [0, 0.1) is 0 Å². The molecule has 0 atom stereocenters. The van der Waals surface area contributed by atoms with Crippen LogP contribution >= 0.6 is 50.5 Å². The average molecular weight is 382 g/mol. The summed E-state index contributed by atoms with van der Waals surface area (Å²) in [5.41, 5.74) is 0.763. The molecule has 1 heterocycles. The van der Waals surface area contributed by atoms with Gasteiger partial charge >= 0.3 is 5.97 Å². The summed E-state index contributed by atoms with van der Waals surface area (Å²) in [6.07, 6.45) is 1.67. The highest BCUT2D eigenvalue weighted by atomic mass is 79.9. The summed E-state index contributed by atoms with van der Waals surface area (Å²) in [6.45, 7) is 0.509. The van der Waals surface area contributed by atoms with Crippen LogP contribution in [0.4, 0.5) is 5.69 Å².